The standard InChI is InChI=1S/C17H24N4O4/c1-11(2)13-4-6-14(7-5-13)19-15(23)10-12(3)20-21-17(25)16(24)18-8-9-22/h4-7,11,22H,8-10H2,1-3H3,(H,18,24)(H,19,23)(H,21,25)/b20-12-. The molecule has 8 nitrogen and oxygen atoms in total. The highest BCUT2D eigenvalue weighted by molar-refractivity contribution is 6.35. The maximum absolute atomic E-state index is 11.9. The van der Waals surface area contributed by atoms with Gasteiger partial charge in [-0.1, -0.05) is 26.0 Å². The molecule has 3 amide bonds. The number of nitrogens with one attached hydrogen (secondary N) is 3. The third kappa shape index (κ3) is 7.58. The van der Waals surface area contributed by atoms with Gasteiger partial charge in [0.25, 0.3) is 0 Å². The lowest BCUT2D eigenvalue weighted by Crippen LogP contribution is -2.39. The van der Waals surface area contributed by atoms with E-state index in [2.05, 4.69) is 35.0 Å². The van der Waals surface area contributed by atoms with E-state index in [0.717, 1.165) is 0 Å². The van der Waals surface area contributed by atoms with Gasteiger partial charge in [-0.15, -0.1) is 0 Å². The Kier molecular flexibility index (Phi) is 8.28. The van der Waals surface area contributed by atoms with E-state index in [1.54, 1.807) is 6.92 Å². The molecule has 0 fully saturated rings. The van der Waals surface area contributed by atoms with Crippen molar-refractivity contribution in [2.75, 3.05) is 18.5 Å². The molecule has 0 spiro atoms. The molecular weight excluding hydrogens is 324 g/mol. The summed E-state index contributed by atoms with van der Waals surface area (Å²) >= 11 is 0. The van der Waals surface area contributed by atoms with Gasteiger partial charge in [-0.05, 0) is 30.5 Å². The van der Waals surface area contributed by atoms with E-state index in [1.807, 2.05) is 24.3 Å². The number of aliphatic hydroxyl groups is 1. The van der Waals surface area contributed by atoms with Crippen molar-refractivity contribution in [2.24, 2.45) is 5.10 Å². The summed E-state index contributed by atoms with van der Waals surface area (Å²) in [7, 11) is 0. The highest BCUT2D eigenvalue weighted by Gasteiger charge is 2.12. The van der Waals surface area contributed by atoms with Gasteiger partial charge in [0, 0.05) is 17.9 Å². The minimum absolute atomic E-state index is 0.0209. The molecule has 0 aliphatic heterocycles. The molecule has 0 saturated heterocycles. The molecule has 0 bridgehead atoms. The molecule has 8 heteroatoms. The van der Waals surface area contributed by atoms with Crippen LogP contribution in [-0.2, 0) is 14.4 Å². The number of hydrogen-bond donors (Lipinski definition) is 4. The first kappa shape index (κ1) is 20.3. The Morgan fingerprint density at radius 1 is 1.12 bits per heavy atom. The lowest BCUT2D eigenvalue weighted by molar-refractivity contribution is -0.139. The van der Waals surface area contributed by atoms with Gasteiger partial charge < -0.3 is 15.7 Å². The number of nitrogens with zero attached hydrogens (tertiary/aromatic N) is 1. The number of anilines is 1. The van der Waals surface area contributed by atoms with Crippen LogP contribution in [0.5, 0.6) is 0 Å². The monoisotopic (exact) mass is 348 g/mol. The molecule has 0 aliphatic rings. The predicted molar refractivity (Wildman–Crippen MR) is 95.1 cm³/mol. The second-order valence-electron chi connectivity index (χ2n) is 5.77. The van der Waals surface area contributed by atoms with Gasteiger partial charge in [-0.25, -0.2) is 5.43 Å². The summed E-state index contributed by atoms with van der Waals surface area (Å²) in [6.45, 7) is 5.46. The van der Waals surface area contributed by atoms with Gasteiger partial charge in [-0.3, -0.25) is 14.4 Å². The zero-order valence-electron chi connectivity index (χ0n) is 14.6. The average Bonchev–Trinajstić information content (AvgIpc) is 2.57. The normalized spacial score (nSPS) is 11.2. The Morgan fingerprint density at radius 3 is 2.32 bits per heavy atom. The highest BCUT2D eigenvalue weighted by atomic mass is 16.3. The molecule has 0 heterocycles. The first-order valence-electron chi connectivity index (χ1n) is 7.95. The minimum Gasteiger partial charge on any atom is -0.395 e. The maximum Gasteiger partial charge on any atom is 0.329 e. The number of benzene rings is 1. The lowest BCUT2D eigenvalue weighted by atomic mass is 10.0. The molecule has 136 valence electrons. The molecule has 1 aromatic carbocycles. The van der Waals surface area contributed by atoms with E-state index in [-0.39, 0.29) is 25.5 Å². The Bertz CT molecular complexity index is 639. The summed E-state index contributed by atoms with van der Waals surface area (Å²) in [5, 5.41) is 17.2. The Labute approximate surface area is 146 Å². The van der Waals surface area contributed by atoms with Gasteiger partial charge >= 0.3 is 11.8 Å². The number of rotatable bonds is 7. The van der Waals surface area contributed by atoms with Gasteiger partial charge in [0.05, 0.1) is 13.0 Å². The summed E-state index contributed by atoms with van der Waals surface area (Å²) < 4.78 is 0. The van der Waals surface area contributed by atoms with Crippen LogP contribution in [0.15, 0.2) is 29.4 Å². The SMILES string of the molecule is C/C(CC(=O)Nc1ccc(C(C)C)cc1)=N/NC(=O)C(=O)NCCO. The van der Waals surface area contributed by atoms with Crippen LogP contribution in [0.4, 0.5) is 5.69 Å². The van der Waals surface area contributed by atoms with Crippen LogP contribution in [0.3, 0.4) is 0 Å². The second-order valence-corrected chi connectivity index (χ2v) is 5.77. The maximum atomic E-state index is 11.9. The van der Waals surface area contributed by atoms with Crippen molar-refractivity contribution in [2.45, 2.75) is 33.1 Å². The van der Waals surface area contributed by atoms with Crippen LogP contribution in [-0.4, -0.2) is 41.7 Å². The summed E-state index contributed by atoms with van der Waals surface area (Å²) in [5.41, 5.74) is 4.26. The van der Waals surface area contributed by atoms with Crippen LogP contribution < -0.4 is 16.1 Å². The van der Waals surface area contributed by atoms with E-state index >= 15 is 0 Å². The first-order chi connectivity index (χ1) is 11.8. The molecule has 0 atom stereocenters. The molecule has 0 aromatic heterocycles. The van der Waals surface area contributed by atoms with Crippen molar-refractivity contribution >= 4 is 29.1 Å². The number of carbonyl (C=O) groups is 3. The van der Waals surface area contributed by atoms with Gasteiger partial charge in [0.15, 0.2) is 0 Å². The third-order valence-electron chi connectivity index (χ3n) is 3.23. The Morgan fingerprint density at radius 2 is 1.76 bits per heavy atom. The molecule has 4 N–H and O–H groups in total. The smallest absolute Gasteiger partial charge is 0.329 e. The molecule has 1 aromatic rings. The summed E-state index contributed by atoms with van der Waals surface area (Å²) in [4.78, 5) is 34.6. The number of hydrogen-bond acceptors (Lipinski definition) is 5. The fourth-order valence-electron chi connectivity index (χ4n) is 1.88. The van der Waals surface area contributed by atoms with E-state index < -0.39 is 11.8 Å². The van der Waals surface area contributed by atoms with Crippen molar-refractivity contribution < 1.29 is 19.5 Å². The van der Waals surface area contributed by atoms with Crippen molar-refractivity contribution in [1.29, 1.82) is 0 Å². The molecule has 25 heavy (non-hydrogen) atoms. The first-order valence-corrected chi connectivity index (χ1v) is 7.95. The van der Waals surface area contributed by atoms with E-state index in [4.69, 9.17) is 5.11 Å². The number of aliphatic hydroxyl groups excluding tert-OH is 1. The molecule has 0 saturated carbocycles. The molecule has 0 unspecified atom stereocenters. The fraction of sp³-hybridized carbons (Fsp3) is 0.412. The topological polar surface area (TPSA) is 120 Å². The van der Waals surface area contributed by atoms with Crippen LogP contribution in [0.25, 0.3) is 0 Å². The Balaban J connectivity index is 2.47. The molecule has 1 rings (SSSR count). The quantitative estimate of drug-likeness (QED) is 0.330. The van der Waals surface area contributed by atoms with Crippen LogP contribution >= 0.6 is 0 Å². The minimum atomic E-state index is -0.961. The Hall–Kier alpha value is -2.74. The highest BCUT2D eigenvalue weighted by Crippen LogP contribution is 2.17. The predicted octanol–water partition coefficient (Wildman–Crippen LogP) is 0.739. The van der Waals surface area contributed by atoms with Crippen molar-refractivity contribution in [3.63, 3.8) is 0 Å². The largest absolute Gasteiger partial charge is 0.395 e. The zero-order valence-corrected chi connectivity index (χ0v) is 14.6. The van der Waals surface area contributed by atoms with Crippen LogP contribution in [0.1, 0.15) is 38.7 Å². The third-order valence-corrected chi connectivity index (χ3v) is 3.23. The average molecular weight is 348 g/mol. The van der Waals surface area contributed by atoms with Crippen molar-refractivity contribution in [3.8, 4) is 0 Å². The summed E-state index contributed by atoms with van der Waals surface area (Å²) in [6.07, 6.45) is -0.0233. The van der Waals surface area contributed by atoms with Crippen LogP contribution in [0, 0.1) is 0 Å². The van der Waals surface area contributed by atoms with Crippen molar-refractivity contribution in [1.82, 2.24) is 10.7 Å². The lowest BCUT2D eigenvalue weighted by Gasteiger charge is -2.08. The second kappa shape index (κ2) is 10.2. The summed E-state index contributed by atoms with van der Waals surface area (Å²) in [6, 6.07) is 7.55. The van der Waals surface area contributed by atoms with Crippen molar-refractivity contribution in [3.05, 3.63) is 29.8 Å². The van der Waals surface area contributed by atoms with E-state index in [9.17, 15) is 14.4 Å². The van der Waals surface area contributed by atoms with Gasteiger partial charge in [-0.2, -0.15) is 5.10 Å². The number of hydrazone groups is 1. The number of amides is 3. The van der Waals surface area contributed by atoms with Gasteiger partial charge in [0.2, 0.25) is 5.91 Å². The van der Waals surface area contributed by atoms with Gasteiger partial charge in [0.1, 0.15) is 0 Å². The zero-order chi connectivity index (χ0) is 18.8. The molecule has 0 radical (unpaired) electrons. The van der Waals surface area contributed by atoms with E-state index in [0.29, 0.717) is 17.3 Å². The molecular formula is C17H24N4O4. The number of carbonyl (C=O) groups excluding carboxylic acids is 3. The molecule has 0 aliphatic carbocycles. The fourth-order valence-corrected chi connectivity index (χ4v) is 1.88. The summed E-state index contributed by atoms with van der Waals surface area (Å²) in [5.74, 6) is -1.73. The van der Waals surface area contributed by atoms with Crippen LogP contribution in [0.2, 0.25) is 0 Å². The van der Waals surface area contributed by atoms with E-state index in [1.165, 1.54) is 5.56 Å².